The molecule has 0 saturated carbocycles. The number of anilines is 1. The molecule has 1 aliphatic rings. The van der Waals surface area contributed by atoms with Crippen LogP contribution in [0.2, 0.25) is 0 Å². The third-order valence-electron chi connectivity index (χ3n) is 4.87. The standard InChI is InChI=1S/C24H22N2O3/c27-23(15-18-9-3-1-4-10-18)26-17-22(29-21-14-8-7-13-20(21)26)24(28)25-16-19-11-5-2-6-12-19/h1-14,22H,15-17H2,(H,25,28). The van der Waals surface area contributed by atoms with E-state index in [2.05, 4.69) is 5.32 Å². The van der Waals surface area contributed by atoms with Crippen LogP contribution in [-0.4, -0.2) is 24.5 Å². The van der Waals surface area contributed by atoms with Crippen molar-refractivity contribution >= 4 is 17.5 Å². The highest BCUT2D eigenvalue weighted by Crippen LogP contribution is 2.33. The van der Waals surface area contributed by atoms with Crippen LogP contribution in [0.15, 0.2) is 84.9 Å². The normalized spacial score (nSPS) is 15.2. The van der Waals surface area contributed by atoms with Gasteiger partial charge in [-0.15, -0.1) is 0 Å². The van der Waals surface area contributed by atoms with Gasteiger partial charge >= 0.3 is 0 Å². The smallest absolute Gasteiger partial charge is 0.263 e. The van der Waals surface area contributed by atoms with Crippen molar-refractivity contribution in [3.63, 3.8) is 0 Å². The molecule has 1 heterocycles. The Bertz CT molecular complexity index is 989. The summed E-state index contributed by atoms with van der Waals surface area (Å²) in [5.74, 6) is 0.244. The average Bonchev–Trinajstić information content (AvgIpc) is 2.78. The summed E-state index contributed by atoms with van der Waals surface area (Å²) in [6.45, 7) is 0.600. The molecule has 3 aromatic carbocycles. The number of carbonyl (C=O) groups is 2. The fourth-order valence-electron chi connectivity index (χ4n) is 3.37. The van der Waals surface area contributed by atoms with Crippen molar-refractivity contribution in [2.75, 3.05) is 11.4 Å². The van der Waals surface area contributed by atoms with E-state index in [0.717, 1.165) is 11.1 Å². The molecular weight excluding hydrogens is 364 g/mol. The highest BCUT2D eigenvalue weighted by atomic mass is 16.5. The SMILES string of the molecule is O=C(NCc1ccccc1)C1CN(C(=O)Cc2ccccc2)c2ccccc2O1. The molecule has 146 valence electrons. The van der Waals surface area contributed by atoms with Gasteiger partial charge in [0.15, 0.2) is 6.10 Å². The van der Waals surface area contributed by atoms with Gasteiger partial charge in [-0.3, -0.25) is 9.59 Å². The maximum Gasteiger partial charge on any atom is 0.263 e. The van der Waals surface area contributed by atoms with Crippen molar-refractivity contribution in [2.24, 2.45) is 0 Å². The molecule has 1 N–H and O–H groups in total. The zero-order valence-electron chi connectivity index (χ0n) is 16.0. The number of benzene rings is 3. The zero-order valence-corrected chi connectivity index (χ0v) is 16.0. The molecule has 5 nitrogen and oxygen atoms in total. The van der Waals surface area contributed by atoms with Gasteiger partial charge in [0.2, 0.25) is 5.91 Å². The van der Waals surface area contributed by atoms with Gasteiger partial charge in [0.05, 0.1) is 18.7 Å². The van der Waals surface area contributed by atoms with Crippen molar-refractivity contribution in [3.05, 3.63) is 96.1 Å². The maximum atomic E-state index is 13.0. The van der Waals surface area contributed by atoms with Crippen molar-refractivity contribution in [3.8, 4) is 5.75 Å². The van der Waals surface area contributed by atoms with E-state index in [0.29, 0.717) is 18.0 Å². The van der Waals surface area contributed by atoms with Gasteiger partial charge in [-0.1, -0.05) is 72.8 Å². The molecule has 0 radical (unpaired) electrons. The van der Waals surface area contributed by atoms with Gasteiger partial charge in [-0.2, -0.15) is 0 Å². The number of hydrogen-bond donors (Lipinski definition) is 1. The molecule has 5 heteroatoms. The van der Waals surface area contributed by atoms with Gasteiger partial charge < -0.3 is 15.0 Å². The predicted octanol–water partition coefficient (Wildman–Crippen LogP) is 3.34. The van der Waals surface area contributed by atoms with Crippen LogP contribution in [0.4, 0.5) is 5.69 Å². The fraction of sp³-hybridized carbons (Fsp3) is 0.167. The number of fused-ring (bicyclic) bond motifs is 1. The molecular formula is C24H22N2O3. The molecule has 4 rings (SSSR count). The van der Waals surface area contributed by atoms with Crippen LogP contribution in [0.5, 0.6) is 5.75 Å². The highest BCUT2D eigenvalue weighted by molar-refractivity contribution is 5.98. The molecule has 0 aliphatic carbocycles. The number of rotatable bonds is 5. The lowest BCUT2D eigenvalue weighted by atomic mass is 10.1. The molecule has 2 amide bonds. The average molecular weight is 386 g/mol. The number of amides is 2. The van der Waals surface area contributed by atoms with Gasteiger partial charge in [-0.25, -0.2) is 0 Å². The highest BCUT2D eigenvalue weighted by Gasteiger charge is 2.33. The third-order valence-corrected chi connectivity index (χ3v) is 4.87. The Balaban J connectivity index is 1.49. The summed E-state index contributed by atoms with van der Waals surface area (Å²) in [4.78, 5) is 27.4. The quantitative estimate of drug-likeness (QED) is 0.732. The molecule has 1 unspecified atom stereocenters. The molecule has 1 aliphatic heterocycles. The molecule has 0 fully saturated rings. The molecule has 1 atom stereocenters. The first-order valence-corrected chi connectivity index (χ1v) is 9.62. The van der Waals surface area contributed by atoms with E-state index in [-0.39, 0.29) is 24.8 Å². The Morgan fingerprint density at radius 3 is 2.21 bits per heavy atom. The van der Waals surface area contributed by atoms with Crippen LogP contribution in [0, 0.1) is 0 Å². The van der Waals surface area contributed by atoms with E-state index in [9.17, 15) is 9.59 Å². The largest absolute Gasteiger partial charge is 0.477 e. The second-order valence-corrected chi connectivity index (χ2v) is 6.94. The van der Waals surface area contributed by atoms with Crippen molar-refractivity contribution in [1.29, 1.82) is 0 Å². The minimum absolute atomic E-state index is 0.0622. The van der Waals surface area contributed by atoms with Crippen LogP contribution >= 0.6 is 0 Å². The summed E-state index contributed by atoms with van der Waals surface area (Å²) in [5.41, 5.74) is 2.64. The predicted molar refractivity (Wildman–Crippen MR) is 112 cm³/mol. The van der Waals surface area contributed by atoms with Gasteiger partial charge in [0.25, 0.3) is 5.91 Å². The van der Waals surface area contributed by atoms with Crippen molar-refractivity contribution in [2.45, 2.75) is 19.1 Å². The number of nitrogens with zero attached hydrogens (tertiary/aromatic N) is 1. The minimum atomic E-state index is -0.756. The Labute approximate surface area is 169 Å². The number of para-hydroxylation sites is 2. The van der Waals surface area contributed by atoms with Crippen molar-refractivity contribution < 1.29 is 14.3 Å². The molecule has 0 spiro atoms. The summed E-state index contributed by atoms with van der Waals surface area (Å²) in [5, 5.41) is 2.91. The van der Waals surface area contributed by atoms with Crippen LogP contribution in [0.3, 0.4) is 0 Å². The first-order valence-electron chi connectivity index (χ1n) is 9.62. The molecule has 29 heavy (non-hydrogen) atoms. The fourth-order valence-corrected chi connectivity index (χ4v) is 3.37. The number of hydrogen-bond acceptors (Lipinski definition) is 3. The van der Waals surface area contributed by atoms with Gasteiger partial charge in [0, 0.05) is 6.54 Å². The summed E-state index contributed by atoms with van der Waals surface area (Å²) in [7, 11) is 0. The molecule has 0 bridgehead atoms. The molecule has 3 aromatic rings. The second-order valence-electron chi connectivity index (χ2n) is 6.94. The number of nitrogens with one attached hydrogen (secondary N) is 1. The van der Waals surface area contributed by atoms with Gasteiger partial charge in [0.1, 0.15) is 5.75 Å². The van der Waals surface area contributed by atoms with Crippen LogP contribution in [-0.2, 0) is 22.6 Å². The number of carbonyl (C=O) groups excluding carboxylic acids is 2. The van der Waals surface area contributed by atoms with E-state index in [1.54, 1.807) is 11.0 Å². The first kappa shape index (κ1) is 18.7. The topological polar surface area (TPSA) is 58.6 Å². The van der Waals surface area contributed by atoms with E-state index >= 15 is 0 Å². The van der Waals surface area contributed by atoms with Crippen LogP contribution in [0.25, 0.3) is 0 Å². The molecule has 0 aromatic heterocycles. The lowest BCUT2D eigenvalue weighted by Gasteiger charge is -2.34. The lowest BCUT2D eigenvalue weighted by Crippen LogP contribution is -2.51. The zero-order chi connectivity index (χ0) is 20.1. The lowest BCUT2D eigenvalue weighted by molar-refractivity contribution is -0.128. The minimum Gasteiger partial charge on any atom is -0.477 e. The Kier molecular flexibility index (Phi) is 5.56. The summed E-state index contributed by atoms with van der Waals surface area (Å²) >= 11 is 0. The Hall–Kier alpha value is -3.60. The summed E-state index contributed by atoms with van der Waals surface area (Å²) < 4.78 is 5.91. The van der Waals surface area contributed by atoms with E-state index in [1.165, 1.54) is 0 Å². The van der Waals surface area contributed by atoms with Crippen molar-refractivity contribution in [1.82, 2.24) is 5.32 Å². The van der Waals surface area contributed by atoms with E-state index in [4.69, 9.17) is 4.74 Å². The summed E-state index contributed by atoms with van der Waals surface area (Å²) in [6.07, 6.45) is -0.485. The monoisotopic (exact) mass is 386 g/mol. The maximum absolute atomic E-state index is 13.0. The number of ether oxygens (including phenoxy) is 1. The second kappa shape index (κ2) is 8.61. The first-order chi connectivity index (χ1) is 14.2. The van der Waals surface area contributed by atoms with E-state index < -0.39 is 6.10 Å². The van der Waals surface area contributed by atoms with Gasteiger partial charge in [-0.05, 0) is 23.3 Å². The Morgan fingerprint density at radius 1 is 0.862 bits per heavy atom. The summed E-state index contributed by atoms with van der Waals surface area (Å²) in [6, 6.07) is 26.6. The van der Waals surface area contributed by atoms with E-state index in [1.807, 2.05) is 78.9 Å². The Morgan fingerprint density at radius 2 is 1.48 bits per heavy atom. The van der Waals surface area contributed by atoms with Crippen LogP contribution < -0.4 is 15.0 Å². The van der Waals surface area contributed by atoms with Crippen LogP contribution in [0.1, 0.15) is 11.1 Å². The third kappa shape index (κ3) is 4.46. The molecule has 0 saturated heterocycles.